The van der Waals surface area contributed by atoms with Gasteiger partial charge in [-0.3, -0.25) is 4.79 Å². The number of rotatable bonds is 10. The molecule has 0 fully saturated rings. The lowest BCUT2D eigenvalue weighted by molar-refractivity contribution is -0.120. The summed E-state index contributed by atoms with van der Waals surface area (Å²) in [6.07, 6.45) is 3.99. The van der Waals surface area contributed by atoms with Gasteiger partial charge in [0, 0.05) is 11.7 Å². The van der Waals surface area contributed by atoms with Crippen molar-refractivity contribution in [3.63, 3.8) is 0 Å². The van der Waals surface area contributed by atoms with E-state index in [2.05, 4.69) is 67.5 Å². The van der Waals surface area contributed by atoms with Crippen LogP contribution in [0.5, 0.6) is 0 Å². The molecule has 26 heavy (non-hydrogen) atoms. The lowest BCUT2D eigenvalue weighted by atomic mass is 9.99. The van der Waals surface area contributed by atoms with Crippen LogP contribution in [0.25, 0.3) is 0 Å². The Morgan fingerprint density at radius 3 is 2.54 bits per heavy atom. The Hall–Kier alpha value is -1.40. The third-order valence-corrected chi connectivity index (χ3v) is 6.46. The highest BCUT2D eigenvalue weighted by atomic mass is 32.2. The second-order valence-electron chi connectivity index (χ2n) is 6.79. The van der Waals surface area contributed by atoms with E-state index in [0.717, 1.165) is 35.8 Å². The topological polar surface area (TPSA) is 54.9 Å². The van der Waals surface area contributed by atoms with Gasteiger partial charge in [-0.2, -0.15) is 0 Å². The minimum absolute atomic E-state index is 0.0643. The van der Waals surface area contributed by atoms with Gasteiger partial charge in [-0.15, -0.1) is 10.2 Å². The highest BCUT2D eigenvalue weighted by Gasteiger charge is 2.17. The summed E-state index contributed by atoms with van der Waals surface area (Å²) in [7, 11) is 0. The maximum atomic E-state index is 12.3. The Morgan fingerprint density at radius 1 is 1.19 bits per heavy atom. The first kappa shape index (κ1) is 20.9. The molecule has 6 heteroatoms. The summed E-state index contributed by atoms with van der Waals surface area (Å²) < 4.78 is 0.884. The minimum Gasteiger partial charge on any atom is -0.300 e. The molecule has 4 nitrogen and oxygen atoms in total. The van der Waals surface area contributed by atoms with Crippen molar-refractivity contribution in [2.75, 3.05) is 5.32 Å². The molecule has 1 aromatic carbocycles. The van der Waals surface area contributed by atoms with E-state index in [4.69, 9.17) is 0 Å². The second-order valence-corrected chi connectivity index (χ2v) is 8.99. The summed E-state index contributed by atoms with van der Waals surface area (Å²) in [4.78, 5) is 12.3. The Labute approximate surface area is 165 Å². The third-order valence-electron chi connectivity index (χ3n) is 4.42. The van der Waals surface area contributed by atoms with Gasteiger partial charge in [0.25, 0.3) is 0 Å². The Balaban J connectivity index is 1.86. The van der Waals surface area contributed by atoms with Gasteiger partial charge in [0.1, 0.15) is 0 Å². The van der Waals surface area contributed by atoms with Gasteiger partial charge in [-0.25, -0.2) is 0 Å². The molecule has 0 saturated heterocycles. The van der Waals surface area contributed by atoms with E-state index < -0.39 is 0 Å². The molecule has 1 amide bonds. The van der Waals surface area contributed by atoms with Gasteiger partial charge in [0.15, 0.2) is 4.34 Å². The van der Waals surface area contributed by atoms with E-state index in [1.54, 1.807) is 11.8 Å². The van der Waals surface area contributed by atoms with E-state index in [1.807, 2.05) is 0 Å². The van der Waals surface area contributed by atoms with Crippen LogP contribution in [0.1, 0.15) is 70.4 Å². The standard InChI is InChI=1S/C20H29N3OS2/c1-5-7-8-16(6-2)18(24)21-19-22-23-20(26-19)25-13-15-9-11-17(12-10-15)14(3)4/h9-12,14,16H,5-8,13H2,1-4H3,(H,21,22,24). The van der Waals surface area contributed by atoms with Crippen molar-refractivity contribution in [3.05, 3.63) is 35.4 Å². The minimum atomic E-state index is 0.0643. The number of anilines is 1. The van der Waals surface area contributed by atoms with E-state index in [0.29, 0.717) is 11.0 Å². The maximum absolute atomic E-state index is 12.3. The number of unbranched alkanes of at least 4 members (excludes halogenated alkanes) is 1. The number of carbonyl (C=O) groups excluding carboxylic acids is 1. The van der Waals surface area contributed by atoms with Crippen molar-refractivity contribution < 1.29 is 4.79 Å². The molecule has 0 spiro atoms. The van der Waals surface area contributed by atoms with Gasteiger partial charge >= 0.3 is 0 Å². The van der Waals surface area contributed by atoms with E-state index in [9.17, 15) is 4.79 Å². The average molecular weight is 392 g/mol. The summed E-state index contributed by atoms with van der Waals surface area (Å²) in [5, 5.41) is 11.8. The van der Waals surface area contributed by atoms with Crippen LogP contribution >= 0.6 is 23.1 Å². The van der Waals surface area contributed by atoms with Gasteiger partial charge < -0.3 is 5.32 Å². The molecule has 0 aliphatic heterocycles. The summed E-state index contributed by atoms with van der Waals surface area (Å²) in [5.74, 6) is 1.54. The first-order valence-corrected chi connectivity index (χ1v) is 11.2. The van der Waals surface area contributed by atoms with Crippen LogP contribution in [0.2, 0.25) is 0 Å². The molecular weight excluding hydrogens is 362 g/mol. The van der Waals surface area contributed by atoms with Crippen LogP contribution in [0.3, 0.4) is 0 Å². The van der Waals surface area contributed by atoms with E-state index >= 15 is 0 Å². The lowest BCUT2D eigenvalue weighted by Gasteiger charge is -2.12. The number of aromatic nitrogens is 2. The van der Waals surface area contributed by atoms with Crippen LogP contribution in [-0.2, 0) is 10.5 Å². The second kappa shape index (κ2) is 10.7. The zero-order valence-electron chi connectivity index (χ0n) is 16.1. The first-order chi connectivity index (χ1) is 12.5. The molecule has 2 aromatic rings. The van der Waals surface area contributed by atoms with E-state index in [1.165, 1.54) is 22.5 Å². The predicted octanol–water partition coefficient (Wildman–Crippen LogP) is 6.11. The SMILES string of the molecule is CCCCC(CC)C(=O)Nc1nnc(SCc2ccc(C(C)C)cc2)s1. The molecular formula is C20H29N3OS2. The van der Waals surface area contributed by atoms with Gasteiger partial charge in [-0.1, -0.05) is 87.9 Å². The molecule has 0 saturated carbocycles. The number of hydrogen-bond donors (Lipinski definition) is 1. The van der Waals surface area contributed by atoms with E-state index in [-0.39, 0.29) is 11.8 Å². The fraction of sp³-hybridized carbons (Fsp3) is 0.550. The quantitative estimate of drug-likeness (QED) is 0.392. The molecule has 1 N–H and O–H groups in total. The Kier molecular flexibility index (Phi) is 8.59. The molecule has 1 unspecified atom stereocenters. The van der Waals surface area contributed by atoms with Crippen molar-refractivity contribution >= 4 is 34.1 Å². The largest absolute Gasteiger partial charge is 0.300 e. The van der Waals surface area contributed by atoms with Crippen LogP contribution in [-0.4, -0.2) is 16.1 Å². The van der Waals surface area contributed by atoms with Crippen molar-refractivity contribution in [3.8, 4) is 0 Å². The highest BCUT2D eigenvalue weighted by Crippen LogP contribution is 2.29. The molecule has 0 aliphatic carbocycles. The molecule has 0 bridgehead atoms. The fourth-order valence-electron chi connectivity index (χ4n) is 2.64. The molecule has 2 rings (SSSR count). The predicted molar refractivity (Wildman–Crippen MR) is 112 cm³/mol. The van der Waals surface area contributed by atoms with Crippen molar-refractivity contribution in [2.24, 2.45) is 5.92 Å². The number of benzene rings is 1. The first-order valence-electron chi connectivity index (χ1n) is 9.39. The van der Waals surface area contributed by atoms with Crippen LogP contribution in [0, 0.1) is 5.92 Å². The molecule has 0 radical (unpaired) electrons. The number of thioether (sulfide) groups is 1. The fourth-order valence-corrected chi connectivity index (χ4v) is 4.35. The number of hydrogen-bond acceptors (Lipinski definition) is 5. The number of carbonyl (C=O) groups is 1. The van der Waals surface area contributed by atoms with Gasteiger partial charge in [0.05, 0.1) is 0 Å². The van der Waals surface area contributed by atoms with Crippen LogP contribution in [0.15, 0.2) is 28.6 Å². The lowest BCUT2D eigenvalue weighted by Crippen LogP contribution is -2.22. The van der Waals surface area contributed by atoms with Gasteiger partial charge in [0.2, 0.25) is 11.0 Å². The summed E-state index contributed by atoms with van der Waals surface area (Å²) in [5.41, 5.74) is 2.62. The zero-order valence-corrected chi connectivity index (χ0v) is 17.8. The maximum Gasteiger partial charge on any atom is 0.229 e. The average Bonchev–Trinajstić information content (AvgIpc) is 3.08. The Bertz CT molecular complexity index is 683. The number of nitrogens with one attached hydrogen (secondary N) is 1. The highest BCUT2D eigenvalue weighted by molar-refractivity contribution is 8.00. The van der Waals surface area contributed by atoms with Crippen molar-refractivity contribution in [1.29, 1.82) is 0 Å². The summed E-state index contributed by atoms with van der Waals surface area (Å²) >= 11 is 3.11. The normalized spacial score (nSPS) is 12.3. The van der Waals surface area contributed by atoms with Gasteiger partial charge in [-0.05, 0) is 29.9 Å². The van der Waals surface area contributed by atoms with Crippen LogP contribution in [0.4, 0.5) is 5.13 Å². The number of nitrogens with zero attached hydrogens (tertiary/aromatic N) is 2. The number of amides is 1. The molecule has 1 aromatic heterocycles. The molecule has 142 valence electrons. The third kappa shape index (κ3) is 6.40. The van der Waals surface area contributed by atoms with Crippen LogP contribution < -0.4 is 5.32 Å². The molecule has 1 atom stereocenters. The zero-order chi connectivity index (χ0) is 18.9. The summed E-state index contributed by atoms with van der Waals surface area (Å²) in [6.45, 7) is 8.61. The smallest absolute Gasteiger partial charge is 0.229 e. The van der Waals surface area contributed by atoms with Crippen molar-refractivity contribution in [2.45, 2.75) is 69.4 Å². The monoisotopic (exact) mass is 391 g/mol. The Morgan fingerprint density at radius 2 is 1.92 bits per heavy atom. The molecule has 0 aliphatic rings. The molecule has 1 heterocycles. The van der Waals surface area contributed by atoms with Crippen molar-refractivity contribution in [1.82, 2.24) is 10.2 Å². The summed E-state index contributed by atoms with van der Waals surface area (Å²) in [6, 6.07) is 8.72.